The van der Waals surface area contributed by atoms with Crippen LogP contribution in [-0.4, -0.2) is 19.8 Å². The van der Waals surface area contributed by atoms with E-state index in [0.29, 0.717) is 18.0 Å². The molecule has 0 saturated heterocycles. The van der Waals surface area contributed by atoms with Gasteiger partial charge in [-0.05, 0) is 24.9 Å². The van der Waals surface area contributed by atoms with E-state index in [9.17, 15) is 4.39 Å². The van der Waals surface area contributed by atoms with Crippen molar-refractivity contribution in [2.24, 2.45) is 5.92 Å². The molecule has 102 valence electrons. The Morgan fingerprint density at radius 1 is 1.39 bits per heavy atom. The lowest BCUT2D eigenvalue weighted by Crippen LogP contribution is -2.17. The molecule has 0 aliphatic rings. The quantitative estimate of drug-likeness (QED) is 0.731. The first-order valence-electron chi connectivity index (χ1n) is 6.32. The molecule has 0 saturated carbocycles. The maximum absolute atomic E-state index is 13.5. The van der Waals surface area contributed by atoms with Crippen LogP contribution in [0.5, 0.6) is 0 Å². The molecule has 0 aliphatic heterocycles. The van der Waals surface area contributed by atoms with Gasteiger partial charge in [-0.2, -0.15) is 0 Å². The van der Waals surface area contributed by atoms with Gasteiger partial charge in [0.05, 0.1) is 5.02 Å². The van der Waals surface area contributed by atoms with E-state index >= 15 is 0 Å². The maximum Gasteiger partial charge on any atom is 0.146 e. The molecule has 1 rings (SSSR count). The van der Waals surface area contributed by atoms with Crippen molar-refractivity contribution in [3.63, 3.8) is 0 Å². The van der Waals surface area contributed by atoms with Gasteiger partial charge in [0, 0.05) is 25.3 Å². The standard InChI is InChI=1S/C14H21ClFNO/c1-11(2)10-18-8-4-7-17-9-12-5-3-6-13(15)14(12)16/h3,5-6,11,17H,4,7-10H2,1-2H3. The van der Waals surface area contributed by atoms with Crippen LogP contribution in [0.4, 0.5) is 4.39 Å². The van der Waals surface area contributed by atoms with Crippen molar-refractivity contribution >= 4 is 11.6 Å². The Kier molecular flexibility index (Phi) is 7.25. The van der Waals surface area contributed by atoms with E-state index in [1.54, 1.807) is 18.2 Å². The molecule has 0 aliphatic carbocycles. The number of ether oxygens (including phenoxy) is 1. The van der Waals surface area contributed by atoms with Gasteiger partial charge in [0.2, 0.25) is 0 Å². The lowest BCUT2D eigenvalue weighted by molar-refractivity contribution is 0.108. The third-order valence-electron chi connectivity index (χ3n) is 2.44. The third kappa shape index (κ3) is 5.80. The minimum atomic E-state index is -0.331. The summed E-state index contributed by atoms with van der Waals surface area (Å²) in [6, 6.07) is 5.05. The fraction of sp³-hybridized carbons (Fsp3) is 0.571. The van der Waals surface area contributed by atoms with Gasteiger partial charge in [0.15, 0.2) is 0 Å². The zero-order valence-corrected chi connectivity index (χ0v) is 11.8. The van der Waals surface area contributed by atoms with Crippen molar-refractivity contribution in [3.05, 3.63) is 34.6 Å². The summed E-state index contributed by atoms with van der Waals surface area (Å²) in [5.74, 6) is 0.237. The predicted octanol–water partition coefficient (Wildman–Crippen LogP) is 3.63. The van der Waals surface area contributed by atoms with Crippen molar-refractivity contribution in [2.45, 2.75) is 26.8 Å². The van der Waals surface area contributed by atoms with Crippen LogP contribution in [0.2, 0.25) is 5.02 Å². The molecule has 18 heavy (non-hydrogen) atoms. The van der Waals surface area contributed by atoms with Gasteiger partial charge in [0.1, 0.15) is 5.82 Å². The minimum Gasteiger partial charge on any atom is -0.381 e. The first kappa shape index (κ1) is 15.4. The number of rotatable bonds is 8. The lowest BCUT2D eigenvalue weighted by atomic mass is 10.2. The fourth-order valence-electron chi connectivity index (χ4n) is 1.53. The highest BCUT2D eigenvalue weighted by molar-refractivity contribution is 6.30. The van der Waals surface area contributed by atoms with Crippen LogP contribution in [-0.2, 0) is 11.3 Å². The summed E-state index contributed by atoms with van der Waals surface area (Å²) in [6.45, 7) is 7.09. The van der Waals surface area contributed by atoms with Crippen LogP contribution < -0.4 is 5.32 Å². The maximum atomic E-state index is 13.5. The fourth-order valence-corrected chi connectivity index (χ4v) is 1.72. The second-order valence-corrected chi connectivity index (χ2v) is 5.12. The number of hydrogen-bond donors (Lipinski definition) is 1. The Morgan fingerprint density at radius 3 is 2.89 bits per heavy atom. The zero-order valence-electron chi connectivity index (χ0n) is 11.0. The summed E-state index contributed by atoms with van der Waals surface area (Å²) < 4.78 is 19.0. The predicted molar refractivity (Wildman–Crippen MR) is 73.4 cm³/mol. The van der Waals surface area contributed by atoms with E-state index in [2.05, 4.69) is 19.2 Å². The topological polar surface area (TPSA) is 21.3 Å². The average molecular weight is 274 g/mol. The molecule has 1 aromatic rings. The summed E-state index contributed by atoms with van der Waals surface area (Å²) >= 11 is 5.70. The van der Waals surface area contributed by atoms with Crippen LogP contribution in [0.1, 0.15) is 25.8 Å². The Balaban J connectivity index is 2.13. The molecule has 1 aromatic carbocycles. The van der Waals surface area contributed by atoms with E-state index < -0.39 is 0 Å². The molecule has 4 heteroatoms. The molecule has 1 N–H and O–H groups in total. The number of hydrogen-bond acceptors (Lipinski definition) is 2. The highest BCUT2D eigenvalue weighted by Crippen LogP contribution is 2.17. The molecule has 2 nitrogen and oxygen atoms in total. The van der Waals surface area contributed by atoms with Crippen molar-refractivity contribution in [3.8, 4) is 0 Å². The van der Waals surface area contributed by atoms with Crippen LogP contribution in [0.3, 0.4) is 0 Å². The molecule has 0 radical (unpaired) electrons. The second kappa shape index (κ2) is 8.46. The Labute approximate surface area is 113 Å². The zero-order chi connectivity index (χ0) is 13.4. The summed E-state index contributed by atoms with van der Waals surface area (Å²) in [4.78, 5) is 0. The summed E-state index contributed by atoms with van der Waals surface area (Å²) in [7, 11) is 0. The van der Waals surface area contributed by atoms with E-state index in [1.165, 1.54) is 0 Å². The smallest absolute Gasteiger partial charge is 0.146 e. The van der Waals surface area contributed by atoms with Crippen molar-refractivity contribution in [2.75, 3.05) is 19.8 Å². The van der Waals surface area contributed by atoms with Gasteiger partial charge >= 0.3 is 0 Å². The Bertz CT molecular complexity index is 358. The number of nitrogens with one attached hydrogen (secondary N) is 1. The van der Waals surface area contributed by atoms with Gasteiger partial charge < -0.3 is 10.1 Å². The van der Waals surface area contributed by atoms with Crippen LogP contribution in [0, 0.1) is 11.7 Å². The molecule has 0 fully saturated rings. The van der Waals surface area contributed by atoms with Gasteiger partial charge in [-0.1, -0.05) is 37.6 Å². The monoisotopic (exact) mass is 273 g/mol. The molecular weight excluding hydrogens is 253 g/mol. The molecule has 0 amide bonds. The molecule has 0 atom stereocenters. The van der Waals surface area contributed by atoms with Crippen molar-refractivity contribution in [1.29, 1.82) is 0 Å². The summed E-state index contributed by atoms with van der Waals surface area (Å²) in [6.07, 6.45) is 0.926. The van der Waals surface area contributed by atoms with Gasteiger partial charge in [0.25, 0.3) is 0 Å². The first-order valence-corrected chi connectivity index (χ1v) is 6.70. The van der Waals surface area contributed by atoms with E-state index in [4.69, 9.17) is 16.3 Å². The SMILES string of the molecule is CC(C)COCCCNCc1cccc(Cl)c1F. The Hall–Kier alpha value is -0.640. The molecule has 0 spiro atoms. The van der Waals surface area contributed by atoms with Crippen molar-refractivity contribution < 1.29 is 9.13 Å². The molecule has 0 aromatic heterocycles. The average Bonchev–Trinajstić information content (AvgIpc) is 2.32. The minimum absolute atomic E-state index is 0.176. The van der Waals surface area contributed by atoms with E-state index in [1.807, 2.05) is 0 Å². The van der Waals surface area contributed by atoms with Gasteiger partial charge in [-0.15, -0.1) is 0 Å². The largest absolute Gasteiger partial charge is 0.381 e. The van der Waals surface area contributed by atoms with E-state index in [0.717, 1.165) is 26.2 Å². The molecule has 0 unspecified atom stereocenters. The van der Waals surface area contributed by atoms with Crippen LogP contribution in [0.15, 0.2) is 18.2 Å². The molecule has 0 heterocycles. The number of halogens is 2. The van der Waals surface area contributed by atoms with E-state index in [-0.39, 0.29) is 10.8 Å². The van der Waals surface area contributed by atoms with Crippen LogP contribution >= 0.6 is 11.6 Å². The highest BCUT2D eigenvalue weighted by Gasteiger charge is 2.04. The first-order chi connectivity index (χ1) is 8.61. The molecule has 0 bridgehead atoms. The van der Waals surface area contributed by atoms with Gasteiger partial charge in [-0.25, -0.2) is 4.39 Å². The summed E-state index contributed by atoms with van der Waals surface area (Å²) in [5.41, 5.74) is 0.602. The number of benzene rings is 1. The van der Waals surface area contributed by atoms with Gasteiger partial charge in [-0.3, -0.25) is 0 Å². The summed E-state index contributed by atoms with van der Waals surface area (Å²) in [5, 5.41) is 3.35. The third-order valence-corrected chi connectivity index (χ3v) is 2.73. The molecular formula is C14H21ClFNO. The normalized spacial score (nSPS) is 11.2. The second-order valence-electron chi connectivity index (χ2n) is 4.71. The van der Waals surface area contributed by atoms with Crippen molar-refractivity contribution in [1.82, 2.24) is 5.32 Å². The Morgan fingerprint density at radius 2 is 2.17 bits per heavy atom. The van der Waals surface area contributed by atoms with Crippen LogP contribution in [0.25, 0.3) is 0 Å². The highest BCUT2D eigenvalue weighted by atomic mass is 35.5. The lowest BCUT2D eigenvalue weighted by Gasteiger charge is -2.08.